The molecular formula is C22H23N3O7S. The fourth-order valence-corrected chi connectivity index (χ4v) is 4.21. The first kappa shape index (κ1) is 25.5. The number of hydrogen-bond acceptors (Lipinski definition) is 7. The minimum atomic E-state index is -3.80. The summed E-state index contributed by atoms with van der Waals surface area (Å²) < 4.78 is 27.4. The van der Waals surface area contributed by atoms with Gasteiger partial charge >= 0.3 is 11.9 Å². The van der Waals surface area contributed by atoms with Crippen molar-refractivity contribution in [2.75, 3.05) is 7.05 Å². The second-order valence-electron chi connectivity index (χ2n) is 6.58. The second-order valence-corrected chi connectivity index (χ2v) is 8.39. The van der Waals surface area contributed by atoms with Gasteiger partial charge in [-0.1, -0.05) is 24.3 Å². The van der Waals surface area contributed by atoms with Crippen LogP contribution in [-0.4, -0.2) is 51.7 Å². The van der Waals surface area contributed by atoms with E-state index in [1.165, 1.54) is 22.4 Å². The number of hydrogen-bond donors (Lipinski definition) is 4. The Morgan fingerprint density at radius 3 is 2.30 bits per heavy atom. The summed E-state index contributed by atoms with van der Waals surface area (Å²) in [7, 11) is -2.00. The predicted molar refractivity (Wildman–Crippen MR) is 120 cm³/mol. The van der Waals surface area contributed by atoms with Crippen molar-refractivity contribution < 1.29 is 33.3 Å². The number of pyridine rings is 1. The second kappa shape index (κ2) is 11.7. The van der Waals surface area contributed by atoms with Crippen molar-refractivity contribution in [3.8, 4) is 11.3 Å². The van der Waals surface area contributed by atoms with Crippen molar-refractivity contribution in [1.82, 2.24) is 14.3 Å². The van der Waals surface area contributed by atoms with Crippen molar-refractivity contribution in [3.63, 3.8) is 0 Å². The van der Waals surface area contributed by atoms with Crippen LogP contribution in [0, 0.1) is 0 Å². The van der Waals surface area contributed by atoms with Crippen LogP contribution in [0.1, 0.15) is 11.1 Å². The molecule has 10 nitrogen and oxygen atoms in total. The van der Waals surface area contributed by atoms with E-state index < -0.39 is 22.0 Å². The number of aliphatic carboxylic acids is 2. The number of aliphatic hydroxyl groups excluding tert-OH is 1. The number of benzene rings is 1. The fraction of sp³-hybridized carbons (Fsp3) is 0.136. The average Bonchev–Trinajstić information content (AvgIpc) is 3.23. The molecule has 3 rings (SSSR count). The van der Waals surface area contributed by atoms with Gasteiger partial charge in [0.2, 0.25) is 0 Å². The van der Waals surface area contributed by atoms with E-state index in [2.05, 4.69) is 10.3 Å². The molecule has 0 aliphatic carbocycles. The lowest BCUT2D eigenvalue weighted by atomic mass is 10.1. The number of carbonyl (C=O) groups is 2. The van der Waals surface area contributed by atoms with Crippen LogP contribution in [0.25, 0.3) is 11.3 Å². The number of nitrogens with one attached hydrogen (secondary N) is 1. The van der Waals surface area contributed by atoms with Gasteiger partial charge in [-0.15, -0.1) is 0 Å². The topological polar surface area (TPSA) is 159 Å². The highest BCUT2D eigenvalue weighted by Crippen LogP contribution is 2.29. The van der Waals surface area contributed by atoms with E-state index in [9.17, 15) is 23.1 Å². The van der Waals surface area contributed by atoms with Crippen molar-refractivity contribution in [2.45, 2.75) is 18.0 Å². The lowest BCUT2D eigenvalue weighted by Crippen LogP contribution is -2.14. The molecule has 0 fully saturated rings. The largest absolute Gasteiger partial charge is 0.478 e. The molecule has 1 aromatic carbocycles. The normalized spacial score (nSPS) is 11.1. The molecule has 0 amide bonds. The molecule has 2 aromatic heterocycles. The lowest BCUT2D eigenvalue weighted by molar-refractivity contribution is -0.134. The van der Waals surface area contributed by atoms with Crippen molar-refractivity contribution >= 4 is 22.0 Å². The summed E-state index contributed by atoms with van der Waals surface area (Å²) in [5, 5.41) is 28.3. The first-order valence-corrected chi connectivity index (χ1v) is 11.0. The Kier molecular flexibility index (Phi) is 9.04. The first-order chi connectivity index (χ1) is 15.7. The summed E-state index contributed by atoms with van der Waals surface area (Å²) in [6.45, 7) is 0.361. The average molecular weight is 474 g/mol. The molecule has 11 heteroatoms. The van der Waals surface area contributed by atoms with E-state index in [0.29, 0.717) is 35.5 Å². The van der Waals surface area contributed by atoms with Gasteiger partial charge in [-0.3, -0.25) is 4.98 Å². The van der Waals surface area contributed by atoms with Gasteiger partial charge in [0.05, 0.1) is 12.3 Å². The molecule has 33 heavy (non-hydrogen) atoms. The molecule has 0 saturated heterocycles. The number of carboxylic acids is 2. The summed E-state index contributed by atoms with van der Waals surface area (Å²) in [4.78, 5) is 23.1. The van der Waals surface area contributed by atoms with Gasteiger partial charge in [-0.25, -0.2) is 22.0 Å². The smallest absolute Gasteiger partial charge is 0.328 e. The van der Waals surface area contributed by atoms with Gasteiger partial charge in [-0.05, 0) is 36.4 Å². The van der Waals surface area contributed by atoms with Crippen LogP contribution in [-0.2, 0) is 32.8 Å². The van der Waals surface area contributed by atoms with Crippen LogP contribution < -0.4 is 5.32 Å². The monoisotopic (exact) mass is 473 g/mol. The Morgan fingerprint density at radius 2 is 1.76 bits per heavy atom. The van der Waals surface area contributed by atoms with E-state index in [-0.39, 0.29) is 11.5 Å². The molecule has 0 atom stereocenters. The Labute approximate surface area is 190 Å². The maximum Gasteiger partial charge on any atom is 0.328 e. The number of aliphatic hydroxyl groups is 1. The maximum atomic E-state index is 13.1. The maximum absolute atomic E-state index is 13.1. The van der Waals surface area contributed by atoms with Gasteiger partial charge in [0, 0.05) is 42.9 Å². The van der Waals surface area contributed by atoms with Crippen molar-refractivity contribution in [3.05, 3.63) is 84.3 Å². The predicted octanol–water partition coefficient (Wildman–Crippen LogP) is 1.71. The highest BCUT2D eigenvalue weighted by molar-refractivity contribution is 7.90. The van der Waals surface area contributed by atoms with Gasteiger partial charge in [0.25, 0.3) is 10.0 Å². The number of aromatic nitrogens is 2. The molecule has 0 unspecified atom stereocenters. The van der Waals surface area contributed by atoms with Gasteiger partial charge < -0.3 is 20.6 Å². The molecule has 2 heterocycles. The van der Waals surface area contributed by atoms with Gasteiger partial charge in [-0.2, -0.15) is 0 Å². The van der Waals surface area contributed by atoms with Crippen LogP contribution in [0.3, 0.4) is 0 Å². The van der Waals surface area contributed by atoms with Crippen LogP contribution in [0.2, 0.25) is 0 Å². The molecule has 174 valence electrons. The number of carboxylic acid groups (broad SMARTS) is 2. The quantitative estimate of drug-likeness (QED) is 0.357. The first-order valence-electron chi connectivity index (χ1n) is 9.55. The molecule has 3 aromatic rings. The van der Waals surface area contributed by atoms with Crippen LogP contribution in [0.4, 0.5) is 0 Å². The summed E-state index contributed by atoms with van der Waals surface area (Å²) >= 11 is 0. The van der Waals surface area contributed by atoms with Crippen molar-refractivity contribution in [2.24, 2.45) is 0 Å². The minimum Gasteiger partial charge on any atom is -0.478 e. The Morgan fingerprint density at radius 1 is 1.09 bits per heavy atom. The molecule has 0 saturated carbocycles. The minimum absolute atomic E-state index is 0.115. The number of nitrogens with zero attached hydrogens (tertiary/aromatic N) is 2. The van der Waals surface area contributed by atoms with Crippen LogP contribution in [0.15, 0.2) is 78.1 Å². The third-order valence-electron chi connectivity index (χ3n) is 4.25. The van der Waals surface area contributed by atoms with E-state index in [4.69, 9.17) is 10.2 Å². The Balaban J connectivity index is 0.000000414. The van der Waals surface area contributed by atoms with E-state index in [0.717, 1.165) is 5.56 Å². The Hall–Kier alpha value is -3.80. The molecular weight excluding hydrogens is 450 g/mol. The third kappa shape index (κ3) is 6.84. The summed E-state index contributed by atoms with van der Waals surface area (Å²) in [5.41, 5.74) is 2.69. The highest BCUT2D eigenvalue weighted by atomic mass is 32.2. The summed E-state index contributed by atoms with van der Waals surface area (Å²) in [5.74, 6) is -2.51. The van der Waals surface area contributed by atoms with Crippen molar-refractivity contribution in [1.29, 1.82) is 0 Å². The summed E-state index contributed by atoms with van der Waals surface area (Å²) in [6, 6.07) is 12.1. The zero-order chi connectivity index (χ0) is 24.4. The van der Waals surface area contributed by atoms with E-state index in [1.807, 2.05) is 18.2 Å². The SMILES string of the molecule is CNCc1cc(-c2ccccc2CO)n(S(=O)(=O)c2cccnc2)c1.O=C(O)C=CC(=O)O. The molecule has 0 aliphatic heterocycles. The van der Waals surface area contributed by atoms with Gasteiger partial charge in [0.15, 0.2) is 0 Å². The standard InChI is InChI=1S/C18H19N3O3S.C4H4O4/c1-19-10-14-9-18(17-7-3-2-5-15(17)13-22)21(12-14)25(23,24)16-6-4-8-20-11-16;5-3(6)1-2-4(7)8/h2-9,11-12,19,22H,10,13H2,1H3;1-2H,(H,5,6)(H,7,8). The van der Waals surface area contributed by atoms with Gasteiger partial charge in [0.1, 0.15) is 4.90 Å². The molecule has 4 N–H and O–H groups in total. The third-order valence-corrected chi connectivity index (χ3v) is 5.90. The van der Waals surface area contributed by atoms with E-state index >= 15 is 0 Å². The molecule has 0 radical (unpaired) electrons. The lowest BCUT2D eigenvalue weighted by Gasteiger charge is -2.12. The number of rotatable bonds is 8. The zero-order valence-electron chi connectivity index (χ0n) is 17.6. The molecule has 0 spiro atoms. The highest BCUT2D eigenvalue weighted by Gasteiger charge is 2.23. The van der Waals surface area contributed by atoms with E-state index in [1.54, 1.807) is 31.4 Å². The van der Waals surface area contributed by atoms with Crippen LogP contribution in [0.5, 0.6) is 0 Å². The fourth-order valence-electron chi connectivity index (χ4n) is 2.86. The summed E-state index contributed by atoms with van der Waals surface area (Å²) in [6.07, 6.45) is 5.57. The Bertz CT molecular complexity index is 1220. The molecule has 0 bridgehead atoms. The van der Waals surface area contributed by atoms with Crippen LogP contribution >= 0.6 is 0 Å². The molecule has 0 aliphatic rings. The zero-order valence-corrected chi connectivity index (χ0v) is 18.4.